The van der Waals surface area contributed by atoms with Gasteiger partial charge in [-0.2, -0.15) is 5.10 Å². The van der Waals surface area contributed by atoms with Crippen LogP contribution in [-0.2, 0) is 20.1 Å². The number of benzene rings is 1. The van der Waals surface area contributed by atoms with E-state index in [0.29, 0.717) is 6.04 Å². The van der Waals surface area contributed by atoms with E-state index in [1.807, 2.05) is 17.9 Å². The molecule has 136 valence electrons. The van der Waals surface area contributed by atoms with Crippen molar-refractivity contribution in [3.63, 3.8) is 0 Å². The monoisotopic (exact) mass is 349 g/mol. The van der Waals surface area contributed by atoms with Gasteiger partial charge in [0.25, 0.3) is 0 Å². The number of nitrogens with zero attached hydrogens (tertiary/aromatic N) is 5. The summed E-state index contributed by atoms with van der Waals surface area (Å²) >= 11 is 0. The molecule has 0 saturated carbocycles. The third-order valence-electron chi connectivity index (χ3n) is 5.60. The van der Waals surface area contributed by atoms with Crippen LogP contribution in [0.4, 0.5) is 0 Å². The second-order valence-electron chi connectivity index (χ2n) is 7.29. The average molecular weight is 349 g/mol. The summed E-state index contributed by atoms with van der Waals surface area (Å²) in [5, 5.41) is 4.63. The zero-order valence-electron chi connectivity index (χ0n) is 15.9. The highest BCUT2D eigenvalue weighted by molar-refractivity contribution is 5.29. The first-order valence-electron chi connectivity index (χ1n) is 9.41. The second-order valence-corrected chi connectivity index (χ2v) is 7.29. The first-order valence-corrected chi connectivity index (χ1v) is 9.41. The number of likely N-dealkylation sites (tertiary alicyclic amines) is 1. The lowest BCUT2D eigenvalue weighted by molar-refractivity contribution is 0.238. The fraction of sp³-hybridized carbons (Fsp3) is 0.429. The summed E-state index contributed by atoms with van der Waals surface area (Å²) in [6.45, 7) is 7.20. The summed E-state index contributed by atoms with van der Waals surface area (Å²) in [5.41, 5.74) is 5.16. The molecule has 1 aliphatic rings. The largest absolute Gasteiger partial charge is 0.329 e. The quantitative estimate of drug-likeness (QED) is 0.706. The Bertz CT molecular complexity index is 877. The predicted octanol–water partition coefficient (Wildman–Crippen LogP) is 3.62. The Kier molecular flexibility index (Phi) is 4.64. The molecule has 0 aliphatic carbocycles. The first kappa shape index (κ1) is 17.0. The van der Waals surface area contributed by atoms with Gasteiger partial charge in [-0.3, -0.25) is 9.58 Å². The van der Waals surface area contributed by atoms with E-state index in [1.165, 1.54) is 29.7 Å². The van der Waals surface area contributed by atoms with E-state index in [4.69, 9.17) is 0 Å². The maximum absolute atomic E-state index is 4.65. The molecule has 0 radical (unpaired) electrons. The molecule has 5 heteroatoms. The molecule has 26 heavy (non-hydrogen) atoms. The molecule has 1 atom stereocenters. The molecule has 0 amide bonds. The lowest BCUT2D eigenvalue weighted by atomic mass is 10.0. The number of aromatic nitrogens is 4. The Labute approximate surface area is 155 Å². The van der Waals surface area contributed by atoms with Crippen molar-refractivity contribution < 1.29 is 0 Å². The molecule has 2 aromatic heterocycles. The van der Waals surface area contributed by atoms with Gasteiger partial charge in [0.05, 0.1) is 12.2 Å². The highest BCUT2D eigenvalue weighted by atomic mass is 15.3. The zero-order chi connectivity index (χ0) is 18.1. The van der Waals surface area contributed by atoms with Crippen LogP contribution in [0.5, 0.6) is 0 Å². The Morgan fingerprint density at radius 2 is 1.92 bits per heavy atom. The second kappa shape index (κ2) is 7.08. The van der Waals surface area contributed by atoms with Crippen LogP contribution in [0.3, 0.4) is 0 Å². The van der Waals surface area contributed by atoms with Crippen molar-refractivity contribution in [1.82, 2.24) is 24.2 Å². The topological polar surface area (TPSA) is 38.9 Å². The molecule has 0 unspecified atom stereocenters. The van der Waals surface area contributed by atoms with E-state index < -0.39 is 0 Å². The van der Waals surface area contributed by atoms with Crippen LogP contribution in [0.15, 0.2) is 42.7 Å². The minimum Gasteiger partial charge on any atom is -0.329 e. The Hall–Kier alpha value is -2.40. The maximum atomic E-state index is 4.65. The fourth-order valence-corrected chi connectivity index (χ4v) is 4.21. The van der Waals surface area contributed by atoms with Gasteiger partial charge in [0, 0.05) is 43.3 Å². The van der Waals surface area contributed by atoms with Gasteiger partial charge in [-0.25, -0.2) is 4.98 Å². The van der Waals surface area contributed by atoms with E-state index in [0.717, 1.165) is 31.2 Å². The Balaban J connectivity index is 1.55. The van der Waals surface area contributed by atoms with Crippen LogP contribution in [-0.4, -0.2) is 30.8 Å². The van der Waals surface area contributed by atoms with Crippen LogP contribution in [0.25, 0.3) is 0 Å². The number of rotatable bonds is 5. The van der Waals surface area contributed by atoms with Crippen molar-refractivity contribution in [2.24, 2.45) is 7.05 Å². The molecule has 1 aromatic carbocycles. The smallest absolute Gasteiger partial charge is 0.123 e. The molecule has 1 saturated heterocycles. The molecule has 4 rings (SSSR count). The van der Waals surface area contributed by atoms with Crippen molar-refractivity contribution >= 4 is 0 Å². The van der Waals surface area contributed by atoms with Gasteiger partial charge in [-0.1, -0.05) is 30.3 Å². The van der Waals surface area contributed by atoms with Crippen LogP contribution >= 0.6 is 0 Å². The van der Waals surface area contributed by atoms with E-state index in [9.17, 15) is 0 Å². The molecule has 3 aromatic rings. The number of aryl methyl sites for hydroxylation is 2. The van der Waals surface area contributed by atoms with E-state index in [-0.39, 0.29) is 0 Å². The summed E-state index contributed by atoms with van der Waals surface area (Å²) < 4.78 is 4.28. The number of imidazole rings is 1. The van der Waals surface area contributed by atoms with Gasteiger partial charge >= 0.3 is 0 Å². The van der Waals surface area contributed by atoms with Crippen molar-refractivity contribution in [1.29, 1.82) is 0 Å². The fourth-order valence-electron chi connectivity index (χ4n) is 4.21. The number of hydrogen-bond acceptors (Lipinski definition) is 3. The maximum Gasteiger partial charge on any atom is 0.123 e. The zero-order valence-corrected chi connectivity index (χ0v) is 15.9. The van der Waals surface area contributed by atoms with Crippen molar-refractivity contribution in [2.75, 3.05) is 6.54 Å². The predicted molar refractivity (Wildman–Crippen MR) is 103 cm³/mol. The minimum absolute atomic E-state index is 0.450. The lowest BCUT2D eigenvalue weighted by Crippen LogP contribution is -2.25. The summed E-state index contributed by atoms with van der Waals surface area (Å²) in [6.07, 6.45) is 6.45. The van der Waals surface area contributed by atoms with E-state index in [2.05, 4.69) is 69.9 Å². The SMILES string of the molecule is Cc1nn(C)c(C)c1[C@@H]1CCCN1Cc1nccn1Cc1ccccc1. The van der Waals surface area contributed by atoms with Gasteiger partial charge in [0.2, 0.25) is 0 Å². The molecular formula is C21H27N5. The first-order chi connectivity index (χ1) is 12.6. The summed E-state index contributed by atoms with van der Waals surface area (Å²) in [6, 6.07) is 11.0. The molecule has 1 fully saturated rings. The molecule has 1 aliphatic heterocycles. The van der Waals surface area contributed by atoms with Gasteiger partial charge in [-0.15, -0.1) is 0 Å². The van der Waals surface area contributed by atoms with Gasteiger partial charge in [0.1, 0.15) is 5.82 Å². The summed E-state index contributed by atoms with van der Waals surface area (Å²) in [4.78, 5) is 7.22. The van der Waals surface area contributed by atoms with Gasteiger partial charge in [0.15, 0.2) is 0 Å². The molecule has 0 bridgehead atoms. The third-order valence-corrected chi connectivity index (χ3v) is 5.60. The number of hydrogen-bond donors (Lipinski definition) is 0. The normalized spacial score (nSPS) is 17.9. The average Bonchev–Trinajstić information content (AvgIpc) is 3.32. The lowest BCUT2D eigenvalue weighted by Gasteiger charge is -2.25. The minimum atomic E-state index is 0.450. The van der Waals surface area contributed by atoms with Crippen molar-refractivity contribution in [3.8, 4) is 0 Å². The van der Waals surface area contributed by atoms with Crippen LogP contribution in [0.2, 0.25) is 0 Å². The van der Waals surface area contributed by atoms with E-state index >= 15 is 0 Å². The standard InChI is InChI=1S/C21H27N5/c1-16-21(17(2)24(3)23-16)19-10-7-12-25(19)15-20-22-11-13-26(20)14-18-8-5-4-6-9-18/h4-6,8-9,11,13,19H,7,10,12,14-15H2,1-3H3/t19-/m0/s1. The molecule has 0 N–H and O–H groups in total. The molecule has 3 heterocycles. The molecule has 5 nitrogen and oxygen atoms in total. The Morgan fingerprint density at radius 3 is 2.65 bits per heavy atom. The van der Waals surface area contributed by atoms with Crippen LogP contribution < -0.4 is 0 Å². The summed E-state index contributed by atoms with van der Waals surface area (Å²) in [7, 11) is 2.04. The van der Waals surface area contributed by atoms with Crippen LogP contribution in [0, 0.1) is 13.8 Å². The van der Waals surface area contributed by atoms with E-state index in [1.54, 1.807) is 0 Å². The molecule has 0 spiro atoms. The van der Waals surface area contributed by atoms with Crippen molar-refractivity contribution in [2.45, 2.75) is 45.8 Å². The highest BCUT2D eigenvalue weighted by Crippen LogP contribution is 2.36. The van der Waals surface area contributed by atoms with Gasteiger partial charge in [-0.05, 0) is 38.8 Å². The van der Waals surface area contributed by atoms with Crippen LogP contribution in [0.1, 0.15) is 47.2 Å². The van der Waals surface area contributed by atoms with Crippen molar-refractivity contribution in [3.05, 3.63) is 71.1 Å². The molecular weight excluding hydrogens is 322 g/mol. The summed E-state index contributed by atoms with van der Waals surface area (Å²) in [5.74, 6) is 1.14. The van der Waals surface area contributed by atoms with Gasteiger partial charge < -0.3 is 4.57 Å². The third kappa shape index (κ3) is 3.19. The highest BCUT2D eigenvalue weighted by Gasteiger charge is 2.31. The Morgan fingerprint density at radius 1 is 1.12 bits per heavy atom.